The fraction of sp³-hybridized carbons (Fsp3) is 0.250. The van der Waals surface area contributed by atoms with E-state index in [1.54, 1.807) is 4.63 Å². The quantitative estimate of drug-likeness (QED) is 0.341. The van der Waals surface area contributed by atoms with Gasteiger partial charge < -0.3 is 0 Å². The number of nitrogens with one attached hydrogen (secondary N) is 1. The molecule has 0 aliphatic carbocycles. The molecule has 1 N–H and O–H groups in total. The molecule has 4 aromatic rings. The van der Waals surface area contributed by atoms with E-state index in [9.17, 15) is 0 Å². The first-order valence-corrected chi connectivity index (χ1v) is 10.5. The standard InChI is InChI=1S/C16H15ClN8S2/c1-8(2)13-18-14-12(20-21-15-19-16(26-3)24-27-15)11(22-25(14)23-13)9-6-4-5-7-10(9)17/h4-8,22H,1-3H3. The molecule has 0 radical (unpaired) electrons. The second kappa shape index (κ2) is 7.37. The summed E-state index contributed by atoms with van der Waals surface area (Å²) in [5.74, 6) is 0.920. The van der Waals surface area contributed by atoms with Gasteiger partial charge in [0.05, 0.1) is 10.7 Å². The first-order valence-electron chi connectivity index (χ1n) is 8.09. The number of H-pyrrole nitrogens is 1. The van der Waals surface area contributed by atoms with E-state index in [0.717, 1.165) is 11.4 Å². The fourth-order valence-electron chi connectivity index (χ4n) is 2.44. The average molecular weight is 419 g/mol. The van der Waals surface area contributed by atoms with Crippen LogP contribution in [0.25, 0.3) is 16.9 Å². The van der Waals surface area contributed by atoms with Gasteiger partial charge in [-0.3, -0.25) is 5.10 Å². The molecule has 1 aromatic carbocycles. The largest absolute Gasteiger partial charge is 0.273 e. The van der Waals surface area contributed by atoms with Crippen LogP contribution >= 0.6 is 34.9 Å². The third-order valence-electron chi connectivity index (χ3n) is 3.76. The van der Waals surface area contributed by atoms with Crippen molar-refractivity contribution in [2.24, 2.45) is 10.2 Å². The van der Waals surface area contributed by atoms with Crippen LogP contribution in [0.3, 0.4) is 0 Å². The number of aromatic nitrogens is 6. The summed E-state index contributed by atoms with van der Waals surface area (Å²) >= 11 is 9.04. The normalized spacial score (nSPS) is 12.0. The van der Waals surface area contributed by atoms with Gasteiger partial charge in [0.2, 0.25) is 15.9 Å². The second-order valence-corrected chi connectivity index (χ2v) is 7.85. The van der Waals surface area contributed by atoms with Crippen LogP contribution in [0.5, 0.6) is 0 Å². The average Bonchev–Trinajstić information content (AvgIpc) is 3.35. The number of aromatic amines is 1. The molecule has 0 atom stereocenters. The highest BCUT2D eigenvalue weighted by molar-refractivity contribution is 7.98. The van der Waals surface area contributed by atoms with Gasteiger partial charge in [-0.05, 0) is 12.3 Å². The van der Waals surface area contributed by atoms with Crippen molar-refractivity contribution in [3.05, 3.63) is 35.1 Å². The van der Waals surface area contributed by atoms with Gasteiger partial charge in [-0.15, -0.1) is 15.3 Å². The van der Waals surface area contributed by atoms with E-state index in [-0.39, 0.29) is 5.92 Å². The van der Waals surface area contributed by atoms with Crippen molar-refractivity contribution in [2.75, 3.05) is 6.26 Å². The molecule has 0 aliphatic heterocycles. The third kappa shape index (κ3) is 3.47. The van der Waals surface area contributed by atoms with Gasteiger partial charge in [0.25, 0.3) is 0 Å². The number of fused-ring (bicyclic) bond motifs is 1. The summed E-state index contributed by atoms with van der Waals surface area (Å²) in [6.45, 7) is 4.08. The molecule has 11 heteroatoms. The molecule has 0 aliphatic rings. The summed E-state index contributed by atoms with van der Waals surface area (Å²) in [6, 6.07) is 7.52. The van der Waals surface area contributed by atoms with Crippen LogP contribution in [-0.2, 0) is 0 Å². The Morgan fingerprint density at radius 1 is 1.22 bits per heavy atom. The number of hydrogen-bond acceptors (Lipinski definition) is 8. The summed E-state index contributed by atoms with van der Waals surface area (Å²) < 4.78 is 5.80. The van der Waals surface area contributed by atoms with E-state index < -0.39 is 0 Å². The van der Waals surface area contributed by atoms with Gasteiger partial charge in [0.15, 0.2) is 11.5 Å². The van der Waals surface area contributed by atoms with Gasteiger partial charge >= 0.3 is 0 Å². The van der Waals surface area contributed by atoms with Gasteiger partial charge in [-0.1, -0.05) is 55.4 Å². The molecule has 138 valence electrons. The van der Waals surface area contributed by atoms with E-state index in [1.165, 1.54) is 23.3 Å². The van der Waals surface area contributed by atoms with Crippen molar-refractivity contribution in [1.29, 1.82) is 0 Å². The van der Waals surface area contributed by atoms with E-state index in [4.69, 9.17) is 11.6 Å². The van der Waals surface area contributed by atoms with Crippen molar-refractivity contribution in [3.8, 4) is 11.3 Å². The lowest BCUT2D eigenvalue weighted by atomic mass is 10.1. The van der Waals surface area contributed by atoms with Gasteiger partial charge in [0.1, 0.15) is 0 Å². The fourth-order valence-corrected chi connectivity index (χ4v) is 3.72. The number of thioether (sulfide) groups is 1. The van der Waals surface area contributed by atoms with Crippen LogP contribution < -0.4 is 0 Å². The Labute approximate surface area is 168 Å². The highest BCUT2D eigenvalue weighted by atomic mass is 35.5. The topological polar surface area (TPSA) is 96.5 Å². The number of nitrogens with zero attached hydrogens (tertiary/aromatic N) is 7. The summed E-state index contributed by atoms with van der Waals surface area (Å²) in [6.07, 6.45) is 1.91. The number of halogens is 1. The van der Waals surface area contributed by atoms with Crippen molar-refractivity contribution in [2.45, 2.75) is 24.9 Å². The van der Waals surface area contributed by atoms with E-state index >= 15 is 0 Å². The second-order valence-electron chi connectivity index (χ2n) is 5.94. The zero-order valence-electron chi connectivity index (χ0n) is 14.7. The van der Waals surface area contributed by atoms with Gasteiger partial charge in [0, 0.05) is 23.0 Å². The summed E-state index contributed by atoms with van der Waals surface area (Å²) in [4.78, 5) is 8.90. The van der Waals surface area contributed by atoms with Gasteiger partial charge in [-0.25, -0.2) is 4.98 Å². The lowest BCUT2D eigenvalue weighted by molar-refractivity contribution is 0.731. The highest BCUT2D eigenvalue weighted by Gasteiger charge is 2.20. The number of azo groups is 1. The Balaban J connectivity index is 1.86. The molecule has 0 saturated carbocycles. The number of hydrogen-bond donors (Lipinski definition) is 1. The number of rotatable bonds is 5. The predicted octanol–water partition coefficient (Wildman–Crippen LogP) is 5.49. The molecule has 0 bridgehead atoms. The summed E-state index contributed by atoms with van der Waals surface area (Å²) in [7, 11) is 0. The maximum absolute atomic E-state index is 6.38. The van der Waals surface area contributed by atoms with E-state index in [1.807, 2.05) is 44.4 Å². The van der Waals surface area contributed by atoms with E-state index in [0.29, 0.717) is 32.3 Å². The van der Waals surface area contributed by atoms with E-state index in [2.05, 4.69) is 34.8 Å². The third-order valence-corrected chi connectivity index (χ3v) is 5.36. The van der Waals surface area contributed by atoms with Gasteiger partial charge in [-0.2, -0.15) is 14.0 Å². The molecule has 0 unspecified atom stereocenters. The van der Waals surface area contributed by atoms with Crippen LogP contribution in [0.1, 0.15) is 25.6 Å². The molecular formula is C16H15ClN8S2. The predicted molar refractivity (Wildman–Crippen MR) is 108 cm³/mol. The minimum Gasteiger partial charge on any atom is -0.273 e. The van der Waals surface area contributed by atoms with Crippen molar-refractivity contribution in [1.82, 2.24) is 29.2 Å². The summed E-state index contributed by atoms with van der Waals surface area (Å²) in [5, 5.41) is 18.1. The van der Waals surface area contributed by atoms with Crippen LogP contribution in [0.15, 0.2) is 39.7 Å². The molecular weight excluding hydrogens is 404 g/mol. The maximum Gasteiger partial charge on any atom is 0.250 e. The SMILES string of the molecule is CSc1nsc(N=Nc2c(-c3ccccc3Cl)[nH]n3nc(C(C)C)nc23)n1. The smallest absolute Gasteiger partial charge is 0.250 e. The van der Waals surface area contributed by atoms with Crippen LogP contribution in [0, 0.1) is 0 Å². The molecule has 0 spiro atoms. The molecule has 4 rings (SSSR count). The molecule has 8 nitrogen and oxygen atoms in total. The first kappa shape index (κ1) is 18.1. The lowest BCUT2D eigenvalue weighted by Crippen LogP contribution is -1.93. The maximum atomic E-state index is 6.38. The number of benzene rings is 1. The zero-order valence-corrected chi connectivity index (χ0v) is 17.1. The lowest BCUT2D eigenvalue weighted by Gasteiger charge is -2.02. The molecule has 0 saturated heterocycles. The molecule has 3 heterocycles. The zero-order chi connectivity index (χ0) is 19.0. The van der Waals surface area contributed by atoms with Crippen LogP contribution in [-0.4, -0.2) is 35.4 Å². The molecule has 0 fully saturated rings. The summed E-state index contributed by atoms with van der Waals surface area (Å²) in [5.41, 5.74) is 2.65. The van der Waals surface area contributed by atoms with Crippen LogP contribution in [0.4, 0.5) is 10.8 Å². The molecule has 27 heavy (non-hydrogen) atoms. The Morgan fingerprint density at radius 3 is 2.74 bits per heavy atom. The minimum atomic E-state index is 0.194. The first-order chi connectivity index (χ1) is 13.1. The Hall–Kier alpha value is -2.30. The van der Waals surface area contributed by atoms with Crippen LogP contribution in [0.2, 0.25) is 5.02 Å². The Morgan fingerprint density at radius 2 is 2.04 bits per heavy atom. The molecule has 3 aromatic heterocycles. The van der Waals surface area contributed by atoms with Crippen molar-refractivity contribution < 1.29 is 0 Å². The Bertz CT molecular complexity index is 1130. The van der Waals surface area contributed by atoms with Crippen molar-refractivity contribution in [3.63, 3.8) is 0 Å². The molecule has 0 amide bonds. The van der Waals surface area contributed by atoms with Crippen molar-refractivity contribution >= 4 is 51.4 Å². The minimum absolute atomic E-state index is 0.194. The monoisotopic (exact) mass is 418 g/mol. The Kier molecular flexibility index (Phi) is 4.94. The highest BCUT2D eigenvalue weighted by Crippen LogP contribution is 2.37.